The van der Waals surface area contributed by atoms with E-state index in [0.29, 0.717) is 20.5 Å². The van der Waals surface area contributed by atoms with Crippen LogP contribution in [-0.2, 0) is 4.79 Å². The second-order valence-corrected chi connectivity index (χ2v) is 8.08. The third kappa shape index (κ3) is 2.37. The van der Waals surface area contributed by atoms with Crippen molar-refractivity contribution < 1.29 is 9.90 Å². The molecule has 3 nitrogen and oxygen atoms in total. The molecule has 0 amide bonds. The van der Waals surface area contributed by atoms with Gasteiger partial charge in [-0.25, -0.2) is 0 Å². The smallest absolute Gasteiger partial charge is 0.321 e. The monoisotopic (exact) mass is 333 g/mol. The SMILES string of the molecule is CC(c1cc(Cl)sc1Cl)N1CC2CCCC2C1C(=O)O. The van der Waals surface area contributed by atoms with Crippen LogP contribution in [0.5, 0.6) is 0 Å². The Balaban J connectivity index is 1.88. The molecule has 1 aliphatic carbocycles. The Labute approximate surface area is 132 Å². The lowest BCUT2D eigenvalue weighted by Gasteiger charge is -2.30. The minimum absolute atomic E-state index is 0.00190. The fraction of sp³-hybridized carbons (Fsp3) is 0.643. The van der Waals surface area contributed by atoms with Gasteiger partial charge in [-0.2, -0.15) is 0 Å². The number of fused-ring (bicyclic) bond motifs is 1. The molecule has 1 aromatic rings. The van der Waals surface area contributed by atoms with Crippen LogP contribution in [0, 0.1) is 11.8 Å². The van der Waals surface area contributed by atoms with Crippen LogP contribution >= 0.6 is 34.5 Å². The van der Waals surface area contributed by atoms with Crippen LogP contribution in [0.2, 0.25) is 8.67 Å². The first kappa shape index (κ1) is 14.6. The van der Waals surface area contributed by atoms with Gasteiger partial charge in [-0.1, -0.05) is 29.6 Å². The molecule has 2 aliphatic rings. The topological polar surface area (TPSA) is 40.5 Å². The van der Waals surface area contributed by atoms with Crippen molar-refractivity contribution in [2.75, 3.05) is 6.54 Å². The van der Waals surface area contributed by atoms with E-state index in [1.165, 1.54) is 11.3 Å². The summed E-state index contributed by atoms with van der Waals surface area (Å²) in [5.74, 6) is 0.109. The minimum Gasteiger partial charge on any atom is -0.480 e. The number of hydrogen-bond donors (Lipinski definition) is 1. The average Bonchev–Trinajstić information content (AvgIpc) is 3.00. The van der Waals surface area contributed by atoms with Crippen LogP contribution in [0.1, 0.15) is 37.8 Å². The van der Waals surface area contributed by atoms with Crippen molar-refractivity contribution in [3.8, 4) is 0 Å². The summed E-state index contributed by atoms with van der Waals surface area (Å²) >= 11 is 13.6. The number of halogens is 2. The van der Waals surface area contributed by atoms with E-state index in [1.54, 1.807) is 0 Å². The Morgan fingerprint density at radius 3 is 2.85 bits per heavy atom. The van der Waals surface area contributed by atoms with Gasteiger partial charge in [0.25, 0.3) is 0 Å². The lowest BCUT2D eigenvalue weighted by Crippen LogP contribution is -2.40. The lowest BCUT2D eigenvalue weighted by molar-refractivity contribution is -0.144. The third-order valence-electron chi connectivity index (χ3n) is 4.81. The number of carboxylic acids is 1. The van der Waals surface area contributed by atoms with Gasteiger partial charge in [-0.3, -0.25) is 9.69 Å². The highest BCUT2D eigenvalue weighted by molar-refractivity contribution is 7.20. The van der Waals surface area contributed by atoms with Crippen molar-refractivity contribution in [3.05, 3.63) is 20.3 Å². The molecule has 1 N–H and O–H groups in total. The zero-order valence-corrected chi connectivity index (χ0v) is 13.5. The van der Waals surface area contributed by atoms with Crippen LogP contribution in [0.3, 0.4) is 0 Å². The fourth-order valence-corrected chi connectivity index (χ4v) is 5.51. The van der Waals surface area contributed by atoms with Gasteiger partial charge in [0, 0.05) is 18.2 Å². The van der Waals surface area contributed by atoms with E-state index in [0.717, 1.165) is 31.4 Å². The number of carbonyl (C=O) groups is 1. The quantitative estimate of drug-likeness (QED) is 0.896. The Morgan fingerprint density at radius 1 is 1.50 bits per heavy atom. The zero-order chi connectivity index (χ0) is 14.4. The molecule has 20 heavy (non-hydrogen) atoms. The highest BCUT2D eigenvalue weighted by atomic mass is 35.5. The van der Waals surface area contributed by atoms with Crippen LogP contribution in [0.15, 0.2) is 6.07 Å². The molecule has 110 valence electrons. The standard InChI is InChI=1S/C14H17Cl2NO2S/c1-7(10-5-11(15)20-13(10)16)17-6-8-3-2-4-9(8)12(17)14(18)19/h5,7-9,12H,2-4,6H2,1H3,(H,18,19). The number of aliphatic carboxylic acids is 1. The molecule has 1 aromatic heterocycles. The second-order valence-electron chi connectivity index (χ2n) is 5.79. The predicted molar refractivity (Wildman–Crippen MR) is 81.7 cm³/mol. The molecule has 4 unspecified atom stereocenters. The number of hydrogen-bond acceptors (Lipinski definition) is 3. The van der Waals surface area contributed by atoms with E-state index < -0.39 is 5.97 Å². The number of thiophene rings is 1. The maximum absolute atomic E-state index is 11.7. The van der Waals surface area contributed by atoms with E-state index in [9.17, 15) is 9.90 Å². The van der Waals surface area contributed by atoms with Gasteiger partial charge in [0.2, 0.25) is 0 Å². The summed E-state index contributed by atoms with van der Waals surface area (Å²) < 4.78 is 1.33. The van der Waals surface area contributed by atoms with Gasteiger partial charge in [-0.15, -0.1) is 11.3 Å². The van der Waals surface area contributed by atoms with E-state index in [2.05, 4.69) is 4.90 Å². The number of rotatable bonds is 3. The molecule has 1 saturated carbocycles. The molecule has 3 rings (SSSR count). The van der Waals surface area contributed by atoms with Crippen LogP contribution in [0.4, 0.5) is 0 Å². The fourth-order valence-electron chi connectivity index (χ4n) is 3.88. The van der Waals surface area contributed by atoms with Gasteiger partial charge in [0.1, 0.15) is 6.04 Å². The van der Waals surface area contributed by atoms with E-state index in [-0.39, 0.29) is 12.1 Å². The highest BCUT2D eigenvalue weighted by Gasteiger charge is 2.49. The summed E-state index contributed by atoms with van der Waals surface area (Å²) in [5.41, 5.74) is 0.952. The summed E-state index contributed by atoms with van der Waals surface area (Å²) in [6.45, 7) is 2.88. The van der Waals surface area contributed by atoms with Gasteiger partial charge >= 0.3 is 5.97 Å². The zero-order valence-electron chi connectivity index (χ0n) is 11.2. The molecule has 0 aromatic carbocycles. The number of nitrogens with zero attached hydrogens (tertiary/aromatic N) is 1. The van der Waals surface area contributed by atoms with Gasteiger partial charge in [0.15, 0.2) is 0 Å². The molecule has 1 aliphatic heterocycles. The highest BCUT2D eigenvalue weighted by Crippen LogP contribution is 2.47. The normalized spacial score (nSPS) is 31.4. The maximum atomic E-state index is 11.7. The number of likely N-dealkylation sites (tertiary alicyclic amines) is 1. The first-order valence-electron chi connectivity index (χ1n) is 6.92. The first-order valence-corrected chi connectivity index (χ1v) is 8.49. The van der Waals surface area contributed by atoms with Crippen LogP contribution < -0.4 is 0 Å². The molecular formula is C14H17Cl2NO2S. The summed E-state index contributed by atoms with van der Waals surface area (Å²) in [6.07, 6.45) is 3.34. The van der Waals surface area contributed by atoms with Crippen molar-refractivity contribution in [2.45, 2.75) is 38.3 Å². The Bertz CT molecular complexity index is 533. The van der Waals surface area contributed by atoms with Gasteiger partial charge < -0.3 is 5.11 Å². The summed E-state index contributed by atoms with van der Waals surface area (Å²) in [7, 11) is 0. The molecular weight excluding hydrogens is 317 g/mol. The molecule has 0 bridgehead atoms. The molecule has 0 radical (unpaired) electrons. The van der Waals surface area contributed by atoms with Crippen molar-refractivity contribution in [2.24, 2.45) is 11.8 Å². The predicted octanol–water partition coefficient (Wildman–Crippen LogP) is 4.30. The Morgan fingerprint density at radius 2 is 2.25 bits per heavy atom. The van der Waals surface area contributed by atoms with E-state index in [4.69, 9.17) is 23.2 Å². The number of carboxylic acid groups (broad SMARTS) is 1. The molecule has 2 fully saturated rings. The molecule has 4 atom stereocenters. The molecule has 1 saturated heterocycles. The average molecular weight is 334 g/mol. The first-order chi connectivity index (χ1) is 9.49. The summed E-state index contributed by atoms with van der Waals surface area (Å²) in [6, 6.07) is 1.48. The molecule has 0 spiro atoms. The maximum Gasteiger partial charge on any atom is 0.321 e. The Hall–Kier alpha value is -0.290. The lowest BCUT2D eigenvalue weighted by atomic mass is 9.94. The van der Waals surface area contributed by atoms with Crippen molar-refractivity contribution in [1.82, 2.24) is 4.90 Å². The second kappa shape index (κ2) is 5.48. The third-order valence-corrected chi connectivity index (χ3v) is 6.33. The molecule has 6 heteroatoms. The molecule has 2 heterocycles. The van der Waals surface area contributed by atoms with Crippen LogP contribution in [-0.4, -0.2) is 28.6 Å². The largest absolute Gasteiger partial charge is 0.480 e. The van der Waals surface area contributed by atoms with Gasteiger partial charge in [-0.05, 0) is 37.7 Å². The summed E-state index contributed by atoms with van der Waals surface area (Å²) in [5, 5.41) is 9.60. The van der Waals surface area contributed by atoms with E-state index >= 15 is 0 Å². The van der Waals surface area contributed by atoms with E-state index in [1.807, 2.05) is 13.0 Å². The van der Waals surface area contributed by atoms with Crippen LogP contribution in [0.25, 0.3) is 0 Å². The summed E-state index contributed by atoms with van der Waals surface area (Å²) in [4.78, 5) is 13.8. The van der Waals surface area contributed by atoms with Gasteiger partial charge in [0.05, 0.1) is 8.67 Å². The van der Waals surface area contributed by atoms with Crippen molar-refractivity contribution in [3.63, 3.8) is 0 Å². The Kier molecular flexibility index (Phi) is 4.01. The van der Waals surface area contributed by atoms with Crippen molar-refractivity contribution in [1.29, 1.82) is 0 Å². The van der Waals surface area contributed by atoms with Crippen molar-refractivity contribution >= 4 is 40.5 Å². The minimum atomic E-state index is -0.705.